The number of nitrogens with zero attached hydrogens (tertiary/aromatic N) is 1. The van der Waals surface area contributed by atoms with Crippen LogP contribution in [0, 0.1) is 0 Å². The van der Waals surface area contributed by atoms with E-state index in [1.165, 1.54) is 0 Å². The third kappa shape index (κ3) is 5.83. The highest BCUT2D eigenvalue weighted by Crippen LogP contribution is 2.19. The number of piperidine rings is 1. The lowest BCUT2D eigenvalue weighted by Crippen LogP contribution is -2.54. The van der Waals surface area contributed by atoms with Gasteiger partial charge < -0.3 is 21.1 Å². The molecule has 0 saturated carbocycles. The zero-order valence-corrected chi connectivity index (χ0v) is 14.7. The molecule has 6 heteroatoms. The van der Waals surface area contributed by atoms with Gasteiger partial charge in [-0.25, -0.2) is 4.79 Å². The number of aliphatic carboxylic acids is 1. The zero-order valence-electron chi connectivity index (χ0n) is 14.7. The second-order valence-electron chi connectivity index (χ2n) is 6.58. The molecule has 1 fully saturated rings. The molecule has 6 nitrogen and oxygen atoms in total. The van der Waals surface area contributed by atoms with Crippen LogP contribution in [0.1, 0.15) is 44.1 Å². The molecule has 1 aliphatic rings. The van der Waals surface area contributed by atoms with E-state index in [4.69, 9.17) is 5.73 Å². The highest BCUT2D eigenvalue weighted by molar-refractivity contribution is 5.87. The van der Waals surface area contributed by atoms with Crippen molar-refractivity contribution in [3.05, 3.63) is 35.9 Å². The summed E-state index contributed by atoms with van der Waals surface area (Å²) in [7, 11) is 0. The van der Waals surface area contributed by atoms with E-state index in [2.05, 4.69) is 5.32 Å². The number of unbranched alkanes of at least 4 members (excludes halogenated alkanes) is 1. The minimum atomic E-state index is -0.906. The lowest BCUT2D eigenvalue weighted by molar-refractivity contribution is -0.153. The number of rotatable bonds is 9. The van der Waals surface area contributed by atoms with Crippen molar-refractivity contribution in [2.75, 3.05) is 13.1 Å². The van der Waals surface area contributed by atoms with Crippen LogP contribution in [-0.2, 0) is 16.1 Å². The first-order valence-electron chi connectivity index (χ1n) is 9.14. The minimum Gasteiger partial charge on any atom is -0.480 e. The number of likely N-dealkylation sites (tertiary alicyclic amines) is 1. The molecule has 1 amide bonds. The van der Waals surface area contributed by atoms with Gasteiger partial charge in [0.1, 0.15) is 6.04 Å². The zero-order chi connectivity index (χ0) is 18.1. The second-order valence-corrected chi connectivity index (χ2v) is 6.58. The Hall–Kier alpha value is -1.92. The molecule has 0 aliphatic carbocycles. The highest BCUT2D eigenvalue weighted by atomic mass is 16.4. The Bertz CT molecular complexity index is 550. The summed E-state index contributed by atoms with van der Waals surface area (Å²) in [5.74, 6) is -1.00. The summed E-state index contributed by atoms with van der Waals surface area (Å²) < 4.78 is 0. The molecule has 138 valence electrons. The van der Waals surface area contributed by atoms with Crippen LogP contribution in [0.25, 0.3) is 0 Å². The summed E-state index contributed by atoms with van der Waals surface area (Å²) in [5.41, 5.74) is 6.67. The standard InChI is InChI=1S/C19H29N3O3/c20-12-6-4-10-16(21-14-15-8-2-1-3-9-15)18(23)22-13-7-5-11-17(22)19(24)25/h1-3,8-9,16-17,21H,4-7,10-14,20H2,(H,24,25)/t16-,17+/m0/s1. The number of carboxylic acids is 1. The molecule has 1 heterocycles. The van der Waals surface area contributed by atoms with Gasteiger partial charge >= 0.3 is 5.97 Å². The monoisotopic (exact) mass is 347 g/mol. The number of hydrogen-bond acceptors (Lipinski definition) is 4. The van der Waals surface area contributed by atoms with Crippen LogP contribution in [0.15, 0.2) is 30.3 Å². The van der Waals surface area contributed by atoms with Gasteiger partial charge in [-0.05, 0) is 44.2 Å². The summed E-state index contributed by atoms with van der Waals surface area (Å²) in [4.78, 5) is 26.1. The second kappa shape index (κ2) is 10.2. The van der Waals surface area contributed by atoms with Crippen molar-refractivity contribution in [1.29, 1.82) is 0 Å². The maximum atomic E-state index is 13.0. The molecule has 4 N–H and O–H groups in total. The Kier molecular flexibility index (Phi) is 7.88. The molecule has 2 atom stereocenters. The quantitative estimate of drug-likeness (QED) is 0.591. The molecule has 0 spiro atoms. The predicted octanol–water partition coefficient (Wildman–Crippen LogP) is 1.74. The summed E-state index contributed by atoms with van der Waals surface area (Å²) in [5, 5.41) is 12.8. The first-order chi connectivity index (χ1) is 12.1. The Morgan fingerprint density at radius 1 is 1.24 bits per heavy atom. The Labute approximate surface area is 149 Å². The van der Waals surface area contributed by atoms with E-state index in [1.807, 2.05) is 30.3 Å². The number of carbonyl (C=O) groups excluding carboxylic acids is 1. The van der Waals surface area contributed by atoms with Crippen LogP contribution in [0.2, 0.25) is 0 Å². The van der Waals surface area contributed by atoms with Crippen molar-refractivity contribution in [3.8, 4) is 0 Å². The summed E-state index contributed by atoms with van der Waals surface area (Å²) in [6, 6.07) is 8.84. The van der Waals surface area contributed by atoms with E-state index < -0.39 is 12.0 Å². The van der Waals surface area contributed by atoms with Crippen molar-refractivity contribution < 1.29 is 14.7 Å². The average Bonchev–Trinajstić information content (AvgIpc) is 2.65. The minimum absolute atomic E-state index is 0.0972. The topological polar surface area (TPSA) is 95.7 Å². The van der Waals surface area contributed by atoms with Gasteiger partial charge in [-0.2, -0.15) is 0 Å². The van der Waals surface area contributed by atoms with Gasteiger partial charge in [0, 0.05) is 13.1 Å². The highest BCUT2D eigenvalue weighted by Gasteiger charge is 2.35. The van der Waals surface area contributed by atoms with Crippen molar-refractivity contribution in [1.82, 2.24) is 10.2 Å². The van der Waals surface area contributed by atoms with E-state index in [9.17, 15) is 14.7 Å². The van der Waals surface area contributed by atoms with Gasteiger partial charge in [-0.1, -0.05) is 36.8 Å². The van der Waals surface area contributed by atoms with Crippen LogP contribution < -0.4 is 11.1 Å². The maximum Gasteiger partial charge on any atom is 0.326 e. The molecule has 0 unspecified atom stereocenters. The molecule has 2 rings (SSSR count). The molecular formula is C19H29N3O3. The maximum absolute atomic E-state index is 13.0. The van der Waals surface area contributed by atoms with E-state index in [0.717, 1.165) is 31.2 Å². The third-order valence-corrected chi connectivity index (χ3v) is 4.71. The number of benzene rings is 1. The third-order valence-electron chi connectivity index (χ3n) is 4.71. The van der Waals surface area contributed by atoms with Crippen molar-refractivity contribution in [2.45, 2.75) is 57.2 Å². The molecule has 0 radical (unpaired) electrons. The lowest BCUT2D eigenvalue weighted by Gasteiger charge is -2.35. The number of nitrogens with two attached hydrogens (primary N) is 1. The first-order valence-corrected chi connectivity index (χ1v) is 9.14. The fourth-order valence-electron chi connectivity index (χ4n) is 3.29. The van der Waals surface area contributed by atoms with Crippen LogP contribution in [0.3, 0.4) is 0 Å². The van der Waals surface area contributed by atoms with E-state index >= 15 is 0 Å². The Morgan fingerprint density at radius 3 is 2.68 bits per heavy atom. The molecule has 1 saturated heterocycles. The van der Waals surface area contributed by atoms with Gasteiger partial charge in [0.2, 0.25) is 5.91 Å². The molecule has 0 aromatic heterocycles. The van der Waals surface area contributed by atoms with Crippen molar-refractivity contribution in [3.63, 3.8) is 0 Å². The lowest BCUT2D eigenvalue weighted by atomic mass is 9.99. The molecule has 0 bridgehead atoms. The largest absolute Gasteiger partial charge is 0.480 e. The van der Waals surface area contributed by atoms with E-state index in [-0.39, 0.29) is 11.9 Å². The fraction of sp³-hybridized carbons (Fsp3) is 0.579. The van der Waals surface area contributed by atoms with Crippen molar-refractivity contribution in [2.24, 2.45) is 5.73 Å². The van der Waals surface area contributed by atoms with Crippen LogP contribution in [-0.4, -0.2) is 47.1 Å². The molecule has 1 aromatic carbocycles. The molecular weight excluding hydrogens is 318 g/mol. The predicted molar refractivity (Wildman–Crippen MR) is 97.0 cm³/mol. The fourth-order valence-corrected chi connectivity index (χ4v) is 3.29. The number of carboxylic acid groups (broad SMARTS) is 1. The average molecular weight is 347 g/mol. The normalized spacial score (nSPS) is 18.8. The molecule has 1 aliphatic heterocycles. The number of nitrogens with one attached hydrogen (secondary N) is 1. The summed E-state index contributed by atoms with van der Waals surface area (Å²) >= 11 is 0. The van der Waals surface area contributed by atoms with E-state index in [0.29, 0.717) is 32.5 Å². The number of carbonyl (C=O) groups is 2. The molecule has 1 aromatic rings. The van der Waals surface area contributed by atoms with Crippen LogP contribution >= 0.6 is 0 Å². The van der Waals surface area contributed by atoms with Crippen LogP contribution in [0.5, 0.6) is 0 Å². The van der Waals surface area contributed by atoms with Gasteiger partial charge in [-0.3, -0.25) is 4.79 Å². The SMILES string of the molecule is NCCCC[C@H](NCc1ccccc1)C(=O)N1CCCC[C@@H]1C(=O)O. The number of amides is 1. The smallest absolute Gasteiger partial charge is 0.326 e. The van der Waals surface area contributed by atoms with Gasteiger partial charge in [-0.15, -0.1) is 0 Å². The summed E-state index contributed by atoms with van der Waals surface area (Å²) in [6.45, 7) is 1.71. The van der Waals surface area contributed by atoms with Gasteiger partial charge in [0.25, 0.3) is 0 Å². The van der Waals surface area contributed by atoms with Gasteiger partial charge in [0.05, 0.1) is 6.04 Å². The number of hydrogen-bond donors (Lipinski definition) is 3. The summed E-state index contributed by atoms with van der Waals surface area (Å²) in [6.07, 6.45) is 4.64. The van der Waals surface area contributed by atoms with Gasteiger partial charge in [0.15, 0.2) is 0 Å². The molecule has 25 heavy (non-hydrogen) atoms. The van der Waals surface area contributed by atoms with Crippen LogP contribution in [0.4, 0.5) is 0 Å². The Balaban J connectivity index is 2.04. The van der Waals surface area contributed by atoms with E-state index in [1.54, 1.807) is 4.90 Å². The first kappa shape index (κ1) is 19.4. The Morgan fingerprint density at radius 2 is 2.00 bits per heavy atom. The van der Waals surface area contributed by atoms with Crippen molar-refractivity contribution >= 4 is 11.9 Å².